The lowest BCUT2D eigenvalue weighted by molar-refractivity contribution is -0.139. The van der Waals surface area contributed by atoms with Crippen molar-refractivity contribution in [2.45, 2.75) is 25.2 Å². The maximum Gasteiger partial charge on any atom is 0.341 e. The molecule has 1 unspecified atom stereocenters. The summed E-state index contributed by atoms with van der Waals surface area (Å²) in [6.07, 6.45) is 2.91. The molecule has 0 bridgehead atoms. The van der Waals surface area contributed by atoms with E-state index in [4.69, 9.17) is 9.84 Å². The van der Waals surface area contributed by atoms with Crippen LogP contribution in [0.25, 0.3) is 0 Å². The van der Waals surface area contributed by atoms with Gasteiger partial charge in [-0.25, -0.2) is 4.79 Å². The molecule has 2 aromatic rings. The Bertz CT molecular complexity index is 770. The number of benzene rings is 2. The third-order valence-corrected chi connectivity index (χ3v) is 4.58. The van der Waals surface area contributed by atoms with Crippen molar-refractivity contribution < 1.29 is 19.4 Å². The molecular formula is C20H21NO4. The number of hydrogen-bond donors (Lipinski definition) is 1. The summed E-state index contributed by atoms with van der Waals surface area (Å²) in [6, 6.07) is 15.0. The minimum absolute atomic E-state index is 0.0753. The van der Waals surface area contributed by atoms with Crippen molar-refractivity contribution in [3.8, 4) is 5.75 Å². The van der Waals surface area contributed by atoms with Crippen LogP contribution in [0.4, 0.5) is 5.69 Å². The summed E-state index contributed by atoms with van der Waals surface area (Å²) in [5.41, 5.74) is 3.15. The fraction of sp³-hybridized carbons (Fsp3) is 0.300. The molecule has 25 heavy (non-hydrogen) atoms. The van der Waals surface area contributed by atoms with Gasteiger partial charge in [0.25, 0.3) is 0 Å². The summed E-state index contributed by atoms with van der Waals surface area (Å²) < 4.78 is 5.12. The maximum atomic E-state index is 13.0. The van der Waals surface area contributed by atoms with Gasteiger partial charge in [0.2, 0.25) is 5.91 Å². The lowest BCUT2D eigenvalue weighted by atomic mass is 9.82. The second-order valence-corrected chi connectivity index (χ2v) is 6.22. The van der Waals surface area contributed by atoms with E-state index >= 15 is 0 Å². The van der Waals surface area contributed by atoms with Gasteiger partial charge >= 0.3 is 5.97 Å². The molecule has 0 aromatic heterocycles. The first-order valence-electron chi connectivity index (χ1n) is 8.36. The highest BCUT2D eigenvalue weighted by atomic mass is 16.5. The molecule has 0 saturated heterocycles. The van der Waals surface area contributed by atoms with Crippen LogP contribution in [0.3, 0.4) is 0 Å². The summed E-state index contributed by atoms with van der Waals surface area (Å²) >= 11 is 0. The number of carboxylic acids is 1. The number of rotatable bonds is 5. The fourth-order valence-corrected chi connectivity index (χ4v) is 3.28. The van der Waals surface area contributed by atoms with Crippen LogP contribution in [0.1, 0.15) is 29.9 Å². The van der Waals surface area contributed by atoms with Crippen LogP contribution >= 0.6 is 0 Å². The van der Waals surface area contributed by atoms with E-state index in [-0.39, 0.29) is 18.4 Å². The van der Waals surface area contributed by atoms with Crippen molar-refractivity contribution in [1.82, 2.24) is 0 Å². The number of aryl methyl sites for hydroxylation is 1. The van der Waals surface area contributed by atoms with E-state index in [1.54, 1.807) is 36.2 Å². The van der Waals surface area contributed by atoms with Crippen LogP contribution < -0.4 is 9.64 Å². The van der Waals surface area contributed by atoms with Gasteiger partial charge in [0.05, 0.1) is 5.92 Å². The third-order valence-electron chi connectivity index (χ3n) is 4.58. The number of carboxylic acid groups (broad SMARTS) is 1. The van der Waals surface area contributed by atoms with E-state index < -0.39 is 5.97 Å². The predicted octanol–water partition coefficient (Wildman–Crippen LogP) is 3.23. The second kappa shape index (κ2) is 7.38. The average molecular weight is 339 g/mol. The Morgan fingerprint density at radius 1 is 1.16 bits per heavy atom. The molecule has 5 heteroatoms. The van der Waals surface area contributed by atoms with Gasteiger partial charge in [-0.2, -0.15) is 0 Å². The zero-order valence-corrected chi connectivity index (χ0v) is 14.1. The van der Waals surface area contributed by atoms with Gasteiger partial charge in [-0.15, -0.1) is 0 Å². The Labute approximate surface area is 146 Å². The molecule has 0 saturated carbocycles. The van der Waals surface area contributed by atoms with Crippen molar-refractivity contribution >= 4 is 17.6 Å². The third kappa shape index (κ3) is 3.82. The summed E-state index contributed by atoms with van der Waals surface area (Å²) in [5.74, 6) is -0.591. The molecule has 1 amide bonds. The van der Waals surface area contributed by atoms with Crippen molar-refractivity contribution in [3.63, 3.8) is 0 Å². The first kappa shape index (κ1) is 17.0. The van der Waals surface area contributed by atoms with E-state index in [0.29, 0.717) is 5.75 Å². The van der Waals surface area contributed by atoms with Crippen LogP contribution in [-0.2, 0) is 16.0 Å². The topological polar surface area (TPSA) is 66.8 Å². The Kier molecular flexibility index (Phi) is 5.03. The zero-order chi connectivity index (χ0) is 17.8. The molecule has 1 aliphatic rings. The van der Waals surface area contributed by atoms with Gasteiger partial charge in [0.1, 0.15) is 5.75 Å². The van der Waals surface area contributed by atoms with Crippen molar-refractivity contribution in [2.24, 2.45) is 0 Å². The number of anilines is 1. The first-order valence-corrected chi connectivity index (χ1v) is 8.36. The molecule has 1 N–H and O–H groups in total. The molecule has 0 fully saturated rings. The van der Waals surface area contributed by atoms with Crippen LogP contribution in [0.15, 0.2) is 48.5 Å². The number of carbonyl (C=O) groups is 2. The Morgan fingerprint density at radius 2 is 1.88 bits per heavy atom. The molecule has 5 nitrogen and oxygen atoms in total. The van der Waals surface area contributed by atoms with E-state index in [1.165, 1.54) is 5.56 Å². The molecular weight excluding hydrogens is 318 g/mol. The van der Waals surface area contributed by atoms with Gasteiger partial charge in [0, 0.05) is 12.7 Å². The molecule has 0 radical (unpaired) electrons. The molecule has 1 atom stereocenters. The molecule has 130 valence electrons. The quantitative estimate of drug-likeness (QED) is 0.908. The SMILES string of the molecule is CN(C(=O)C1CCCc2ccccc21)c1ccc(OCC(=O)O)cc1. The average Bonchev–Trinajstić information content (AvgIpc) is 2.65. The largest absolute Gasteiger partial charge is 0.482 e. The van der Waals surface area contributed by atoms with Crippen LogP contribution in [0, 0.1) is 0 Å². The number of amides is 1. The lowest BCUT2D eigenvalue weighted by Gasteiger charge is -2.28. The standard InChI is InChI=1S/C20H21NO4/c1-21(15-9-11-16(12-10-15)25-13-19(22)23)20(24)18-8-4-6-14-5-2-3-7-17(14)18/h2-3,5,7,9-12,18H,4,6,8,13H2,1H3,(H,22,23). The second-order valence-electron chi connectivity index (χ2n) is 6.22. The fourth-order valence-electron chi connectivity index (χ4n) is 3.28. The maximum absolute atomic E-state index is 13.0. The molecule has 0 heterocycles. The minimum Gasteiger partial charge on any atom is -0.482 e. The van der Waals surface area contributed by atoms with Gasteiger partial charge in [-0.3, -0.25) is 4.79 Å². The normalized spacial score (nSPS) is 16.0. The molecule has 0 spiro atoms. The molecule has 2 aromatic carbocycles. The van der Waals surface area contributed by atoms with Crippen molar-refractivity contribution in [3.05, 3.63) is 59.7 Å². The first-order chi connectivity index (χ1) is 12.1. The van der Waals surface area contributed by atoms with Gasteiger partial charge in [-0.05, 0) is 54.7 Å². The Balaban J connectivity index is 1.74. The van der Waals surface area contributed by atoms with Gasteiger partial charge in [-0.1, -0.05) is 24.3 Å². The predicted molar refractivity (Wildman–Crippen MR) is 95.1 cm³/mol. The van der Waals surface area contributed by atoms with Crippen molar-refractivity contribution in [2.75, 3.05) is 18.6 Å². The minimum atomic E-state index is -1.02. The number of carbonyl (C=O) groups excluding carboxylic acids is 1. The van der Waals surface area contributed by atoms with Gasteiger partial charge in [0.15, 0.2) is 6.61 Å². The van der Waals surface area contributed by atoms with Crippen LogP contribution in [0.5, 0.6) is 5.75 Å². The highest BCUT2D eigenvalue weighted by molar-refractivity contribution is 5.98. The number of fused-ring (bicyclic) bond motifs is 1. The zero-order valence-electron chi connectivity index (χ0n) is 14.1. The summed E-state index contributed by atoms with van der Waals surface area (Å²) in [4.78, 5) is 25.2. The van der Waals surface area contributed by atoms with E-state index in [1.807, 2.05) is 18.2 Å². The number of ether oxygens (including phenoxy) is 1. The smallest absolute Gasteiger partial charge is 0.341 e. The molecule has 1 aliphatic carbocycles. The number of aliphatic carboxylic acids is 1. The number of nitrogens with zero attached hydrogens (tertiary/aromatic N) is 1. The Hall–Kier alpha value is -2.82. The summed E-state index contributed by atoms with van der Waals surface area (Å²) in [7, 11) is 1.77. The lowest BCUT2D eigenvalue weighted by Crippen LogP contribution is -2.33. The highest BCUT2D eigenvalue weighted by Crippen LogP contribution is 2.33. The van der Waals surface area contributed by atoms with Gasteiger partial charge < -0.3 is 14.7 Å². The highest BCUT2D eigenvalue weighted by Gasteiger charge is 2.28. The molecule has 3 rings (SSSR count). The summed E-state index contributed by atoms with van der Waals surface area (Å²) in [5, 5.41) is 8.64. The number of hydrogen-bond acceptors (Lipinski definition) is 3. The monoisotopic (exact) mass is 339 g/mol. The van der Waals surface area contributed by atoms with E-state index in [9.17, 15) is 9.59 Å². The van der Waals surface area contributed by atoms with E-state index in [2.05, 4.69) is 6.07 Å². The molecule has 0 aliphatic heterocycles. The van der Waals surface area contributed by atoms with Crippen LogP contribution in [0.2, 0.25) is 0 Å². The number of likely N-dealkylation sites (N-methyl/N-ethyl adjacent to an activating group) is 1. The Morgan fingerprint density at radius 3 is 2.60 bits per heavy atom. The summed E-state index contributed by atoms with van der Waals surface area (Å²) in [6.45, 7) is -0.382. The van der Waals surface area contributed by atoms with Crippen molar-refractivity contribution in [1.29, 1.82) is 0 Å². The van der Waals surface area contributed by atoms with E-state index in [0.717, 1.165) is 30.5 Å². The van der Waals surface area contributed by atoms with Crippen LogP contribution in [-0.4, -0.2) is 30.6 Å².